The quantitative estimate of drug-likeness (QED) is 0.808. The molecule has 1 fully saturated rings. The lowest BCUT2D eigenvalue weighted by Gasteiger charge is -2.24. The third-order valence-electron chi connectivity index (χ3n) is 4.65. The summed E-state index contributed by atoms with van der Waals surface area (Å²) < 4.78 is 5.35. The van der Waals surface area contributed by atoms with E-state index in [0.717, 1.165) is 63.6 Å². The van der Waals surface area contributed by atoms with Crippen molar-refractivity contribution in [2.24, 2.45) is 0 Å². The van der Waals surface area contributed by atoms with Gasteiger partial charge in [-0.15, -0.1) is 0 Å². The van der Waals surface area contributed by atoms with Crippen molar-refractivity contribution in [2.45, 2.75) is 32.7 Å². The number of aryl methyl sites for hydroxylation is 1. The maximum Gasteiger partial charge on any atom is 0.128 e. The zero-order valence-electron chi connectivity index (χ0n) is 15.3. The van der Waals surface area contributed by atoms with E-state index < -0.39 is 0 Å². The molecule has 1 aliphatic heterocycles. The first kappa shape index (κ1) is 17.7. The molecule has 134 valence electrons. The predicted molar refractivity (Wildman–Crippen MR) is 101 cm³/mol. The van der Waals surface area contributed by atoms with Gasteiger partial charge in [0, 0.05) is 68.9 Å². The van der Waals surface area contributed by atoms with Gasteiger partial charge in [0.1, 0.15) is 11.6 Å². The Hall–Kier alpha value is -2.14. The second-order valence-electron chi connectivity index (χ2n) is 6.58. The van der Waals surface area contributed by atoms with Crippen LogP contribution in [0.15, 0.2) is 36.7 Å². The summed E-state index contributed by atoms with van der Waals surface area (Å²) in [6.45, 7) is 7.35. The van der Waals surface area contributed by atoms with Gasteiger partial charge in [0.2, 0.25) is 0 Å². The first-order valence-electron chi connectivity index (χ1n) is 9.19. The first-order chi connectivity index (χ1) is 12.3. The Balaban J connectivity index is 1.57. The fourth-order valence-electron chi connectivity index (χ4n) is 3.27. The maximum atomic E-state index is 5.35. The summed E-state index contributed by atoms with van der Waals surface area (Å²) in [5, 5.41) is 0. The van der Waals surface area contributed by atoms with Crippen molar-refractivity contribution in [3.63, 3.8) is 0 Å². The Morgan fingerprint density at radius 2 is 1.92 bits per heavy atom. The van der Waals surface area contributed by atoms with Crippen LogP contribution < -0.4 is 9.64 Å². The molecule has 0 bridgehead atoms. The van der Waals surface area contributed by atoms with Crippen LogP contribution in [0.25, 0.3) is 0 Å². The highest BCUT2D eigenvalue weighted by atomic mass is 16.5. The molecule has 0 spiro atoms. The summed E-state index contributed by atoms with van der Waals surface area (Å²) in [6.07, 6.45) is 7.18. The number of methoxy groups -OCH3 is 1. The maximum absolute atomic E-state index is 5.35. The lowest BCUT2D eigenvalue weighted by molar-refractivity contribution is 0.284. The Morgan fingerprint density at radius 3 is 2.68 bits per heavy atom. The smallest absolute Gasteiger partial charge is 0.128 e. The molecule has 5 nitrogen and oxygen atoms in total. The van der Waals surface area contributed by atoms with E-state index in [9.17, 15) is 0 Å². The molecule has 0 N–H and O–H groups in total. The summed E-state index contributed by atoms with van der Waals surface area (Å²) in [4.78, 5) is 13.9. The Labute approximate surface area is 150 Å². The van der Waals surface area contributed by atoms with Gasteiger partial charge in [0.25, 0.3) is 0 Å². The minimum absolute atomic E-state index is 0.919. The fraction of sp³-hybridized carbons (Fsp3) is 0.500. The molecule has 0 atom stereocenters. The monoisotopic (exact) mass is 340 g/mol. The molecule has 0 amide bonds. The number of benzene rings is 1. The molecule has 2 aromatic rings. The van der Waals surface area contributed by atoms with E-state index in [0.29, 0.717) is 0 Å². The van der Waals surface area contributed by atoms with Gasteiger partial charge in [-0.25, -0.2) is 9.97 Å². The molecule has 0 saturated carbocycles. The van der Waals surface area contributed by atoms with Gasteiger partial charge in [-0.1, -0.05) is 13.0 Å². The lowest BCUT2D eigenvalue weighted by Crippen LogP contribution is -2.30. The molecule has 3 rings (SSSR count). The largest absolute Gasteiger partial charge is 0.497 e. The van der Waals surface area contributed by atoms with Crippen molar-refractivity contribution in [1.82, 2.24) is 14.9 Å². The number of nitrogens with zero attached hydrogens (tertiary/aromatic N) is 4. The van der Waals surface area contributed by atoms with Crippen LogP contribution in [0.5, 0.6) is 5.75 Å². The molecule has 0 unspecified atom stereocenters. The average Bonchev–Trinajstić information content (AvgIpc) is 2.89. The van der Waals surface area contributed by atoms with Crippen molar-refractivity contribution >= 4 is 5.69 Å². The topological polar surface area (TPSA) is 41.5 Å². The fourth-order valence-corrected chi connectivity index (χ4v) is 3.27. The van der Waals surface area contributed by atoms with Gasteiger partial charge in [0.05, 0.1) is 7.11 Å². The van der Waals surface area contributed by atoms with Gasteiger partial charge in [-0.3, -0.25) is 4.90 Å². The first-order valence-corrected chi connectivity index (χ1v) is 9.19. The molecule has 1 aromatic heterocycles. The van der Waals surface area contributed by atoms with Crippen molar-refractivity contribution < 1.29 is 4.74 Å². The molecule has 2 heterocycles. The van der Waals surface area contributed by atoms with E-state index in [1.165, 1.54) is 11.3 Å². The third-order valence-corrected chi connectivity index (χ3v) is 4.65. The molecule has 25 heavy (non-hydrogen) atoms. The molecule has 0 radical (unpaired) electrons. The van der Waals surface area contributed by atoms with Gasteiger partial charge >= 0.3 is 0 Å². The summed E-state index contributed by atoms with van der Waals surface area (Å²) in [5.41, 5.74) is 2.45. The van der Waals surface area contributed by atoms with Gasteiger partial charge in [-0.2, -0.15) is 0 Å². The Morgan fingerprint density at radius 1 is 1.08 bits per heavy atom. The van der Waals surface area contributed by atoms with Crippen LogP contribution in [-0.2, 0) is 13.0 Å². The number of rotatable bonds is 6. The van der Waals surface area contributed by atoms with Crippen molar-refractivity contribution in [3.8, 4) is 5.75 Å². The lowest BCUT2D eigenvalue weighted by atomic mass is 10.2. The van der Waals surface area contributed by atoms with E-state index in [4.69, 9.17) is 4.74 Å². The summed E-state index contributed by atoms with van der Waals surface area (Å²) in [5.74, 6) is 1.87. The number of ether oxygens (including phenoxy) is 1. The Bertz CT molecular complexity index is 659. The van der Waals surface area contributed by atoms with E-state index >= 15 is 0 Å². The number of aromatic nitrogens is 2. The molecular weight excluding hydrogens is 312 g/mol. The average molecular weight is 340 g/mol. The number of hydrogen-bond donors (Lipinski definition) is 0. The van der Waals surface area contributed by atoms with E-state index in [1.54, 1.807) is 7.11 Å². The zero-order valence-corrected chi connectivity index (χ0v) is 15.3. The minimum atomic E-state index is 0.919. The summed E-state index contributed by atoms with van der Waals surface area (Å²) in [7, 11) is 1.72. The van der Waals surface area contributed by atoms with Crippen LogP contribution in [0, 0.1) is 0 Å². The SMILES string of the molecule is CCCc1ncc(CN2CCCN(c3cccc(OC)c3)CC2)cn1. The second kappa shape index (κ2) is 8.81. The minimum Gasteiger partial charge on any atom is -0.497 e. The van der Waals surface area contributed by atoms with Crippen molar-refractivity contribution in [2.75, 3.05) is 38.2 Å². The molecular formula is C20H28N4O. The number of anilines is 1. The van der Waals surface area contributed by atoms with E-state index in [-0.39, 0.29) is 0 Å². The molecule has 1 saturated heterocycles. The van der Waals surface area contributed by atoms with Crippen LogP contribution in [-0.4, -0.2) is 48.2 Å². The normalized spacial score (nSPS) is 15.8. The molecule has 5 heteroatoms. The van der Waals surface area contributed by atoms with Crippen LogP contribution >= 0.6 is 0 Å². The standard InChI is InChI=1S/C20H28N4O/c1-3-6-20-21-14-17(15-22-20)16-23-9-5-10-24(12-11-23)18-7-4-8-19(13-18)25-2/h4,7-8,13-15H,3,5-6,9-12,16H2,1-2H3. The number of hydrogen-bond acceptors (Lipinski definition) is 5. The summed E-state index contributed by atoms with van der Waals surface area (Å²) >= 11 is 0. The highest BCUT2D eigenvalue weighted by molar-refractivity contribution is 5.50. The molecule has 1 aromatic carbocycles. The highest BCUT2D eigenvalue weighted by Crippen LogP contribution is 2.22. The van der Waals surface area contributed by atoms with Gasteiger partial charge in [0.15, 0.2) is 0 Å². The predicted octanol–water partition coefficient (Wildman–Crippen LogP) is 3.15. The summed E-state index contributed by atoms with van der Waals surface area (Å²) in [6, 6.07) is 8.34. The van der Waals surface area contributed by atoms with Crippen LogP contribution in [0.1, 0.15) is 31.2 Å². The zero-order chi connectivity index (χ0) is 17.5. The Kier molecular flexibility index (Phi) is 6.23. The molecule has 0 aliphatic carbocycles. The molecule has 1 aliphatic rings. The van der Waals surface area contributed by atoms with Crippen molar-refractivity contribution in [1.29, 1.82) is 0 Å². The van der Waals surface area contributed by atoms with Crippen LogP contribution in [0.3, 0.4) is 0 Å². The second-order valence-corrected chi connectivity index (χ2v) is 6.58. The van der Waals surface area contributed by atoms with Gasteiger partial charge < -0.3 is 9.64 Å². The van der Waals surface area contributed by atoms with Crippen LogP contribution in [0.2, 0.25) is 0 Å². The van der Waals surface area contributed by atoms with E-state index in [1.807, 2.05) is 18.5 Å². The highest BCUT2D eigenvalue weighted by Gasteiger charge is 2.16. The van der Waals surface area contributed by atoms with Crippen LogP contribution in [0.4, 0.5) is 5.69 Å². The van der Waals surface area contributed by atoms with E-state index in [2.05, 4.69) is 44.9 Å². The third kappa shape index (κ3) is 4.92. The van der Waals surface area contributed by atoms with Gasteiger partial charge in [-0.05, 0) is 25.0 Å². The van der Waals surface area contributed by atoms with Crippen molar-refractivity contribution in [3.05, 3.63) is 48.0 Å².